The van der Waals surface area contributed by atoms with Crippen molar-refractivity contribution in [3.63, 3.8) is 0 Å². The highest BCUT2D eigenvalue weighted by atomic mass is 35.5. The van der Waals surface area contributed by atoms with Crippen molar-refractivity contribution in [3.8, 4) is 11.5 Å². The van der Waals surface area contributed by atoms with Crippen LogP contribution in [0.5, 0.6) is 11.5 Å². The Kier molecular flexibility index (Phi) is 5.46. The lowest BCUT2D eigenvalue weighted by Gasteiger charge is -2.21. The van der Waals surface area contributed by atoms with E-state index in [4.69, 9.17) is 37.4 Å². The van der Waals surface area contributed by atoms with E-state index in [0.717, 1.165) is 0 Å². The van der Waals surface area contributed by atoms with Gasteiger partial charge >= 0.3 is 0 Å². The van der Waals surface area contributed by atoms with Crippen molar-refractivity contribution in [1.29, 1.82) is 0 Å². The summed E-state index contributed by atoms with van der Waals surface area (Å²) >= 11 is 12.1. The Morgan fingerprint density at radius 3 is 2.48 bits per heavy atom. The summed E-state index contributed by atoms with van der Waals surface area (Å²) in [6.45, 7) is 3.77. The average Bonchev–Trinajstić information content (AvgIpc) is 3.10. The molecule has 2 aromatic carbocycles. The van der Waals surface area contributed by atoms with Crippen molar-refractivity contribution in [1.82, 2.24) is 5.32 Å². The van der Waals surface area contributed by atoms with E-state index in [0.29, 0.717) is 18.6 Å². The van der Waals surface area contributed by atoms with Gasteiger partial charge in [-0.2, -0.15) is 0 Å². The minimum absolute atomic E-state index is 0.0429. The number of hydrogen-bond donors (Lipinski definition) is 1. The number of hydrogen-bond acceptors (Lipinski definition) is 4. The lowest BCUT2D eigenvalue weighted by Crippen LogP contribution is -2.35. The van der Waals surface area contributed by atoms with Crippen molar-refractivity contribution in [2.45, 2.75) is 50.7 Å². The summed E-state index contributed by atoms with van der Waals surface area (Å²) in [4.78, 5) is 13.0. The van der Waals surface area contributed by atoms with Crippen LogP contribution in [0.2, 0.25) is 10.0 Å². The number of rotatable bonds is 4. The number of carbonyl (C=O) groups excluding carboxylic acids is 1. The topological polar surface area (TPSA) is 56.8 Å². The smallest absolute Gasteiger partial charge is 0.256 e. The van der Waals surface area contributed by atoms with Gasteiger partial charge in [0.15, 0.2) is 5.79 Å². The highest BCUT2D eigenvalue weighted by Gasteiger charge is 2.47. The van der Waals surface area contributed by atoms with Crippen LogP contribution in [-0.4, -0.2) is 29.9 Å². The maximum atomic E-state index is 13.4. The third kappa shape index (κ3) is 4.36. The lowest BCUT2D eigenvalue weighted by molar-refractivity contribution is -0.152. The van der Waals surface area contributed by atoms with Crippen LogP contribution >= 0.6 is 23.2 Å². The monoisotopic (exact) mass is 439 g/mol. The van der Waals surface area contributed by atoms with Gasteiger partial charge in [0.1, 0.15) is 22.9 Å². The minimum Gasteiger partial charge on any atom is -0.456 e. The molecular formula is C21H20Cl2FNO4. The molecule has 1 aliphatic heterocycles. The molecule has 2 fully saturated rings. The highest BCUT2D eigenvalue weighted by Crippen LogP contribution is 2.38. The van der Waals surface area contributed by atoms with Crippen molar-refractivity contribution in [3.05, 3.63) is 57.8 Å². The van der Waals surface area contributed by atoms with Crippen molar-refractivity contribution in [2.75, 3.05) is 0 Å². The van der Waals surface area contributed by atoms with E-state index in [1.165, 1.54) is 18.2 Å². The summed E-state index contributed by atoms with van der Waals surface area (Å²) < 4.78 is 30.9. The summed E-state index contributed by atoms with van der Waals surface area (Å²) in [7, 11) is 0. The molecule has 3 atom stereocenters. The molecule has 29 heavy (non-hydrogen) atoms. The molecule has 0 aromatic heterocycles. The molecule has 1 unspecified atom stereocenters. The molecule has 1 saturated carbocycles. The molecule has 4 rings (SSSR count). The van der Waals surface area contributed by atoms with Gasteiger partial charge in [0, 0.05) is 12.1 Å². The molecule has 1 heterocycles. The zero-order valence-electron chi connectivity index (χ0n) is 15.9. The molecule has 0 radical (unpaired) electrons. The molecule has 8 heteroatoms. The predicted octanol–water partition coefficient (Wildman–Crippen LogP) is 5.34. The zero-order chi connectivity index (χ0) is 20.8. The van der Waals surface area contributed by atoms with Crippen LogP contribution in [0.25, 0.3) is 0 Å². The van der Waals surface area contributed by atoms with Gasteiger partial charge in [0.2, 0.25) is 0 Å². The molecule has 2 aliphatic rings. The molecule has 0 spiro atoms. The Morgan fingerprint density at radius 1 is 1.14 bits per heavy atom. The Hall–Kier alpha value is -1.86. The van der Waals surface area contributed by atoms with E-state index in [2.05, 4.69) is 5.32 Å². The van der Waals surface area contributed by atoms with Gasteiger partial charge in [-0.15, -0.1) is 0 Å². The number of carbonyl (C=O) groups is 1. The normalized spacial score (nSPS) is 24.9. The highest BCUT2D eigenvalue weighted by molar-refractivity contribution is 6.34. The van der Waals surface area contributed by atoms with Crippen LogP contribution < -0.4 is 10.1 Å². The first kappa shape index (κ1) is 20.4. The Labute approximate surface area is 178 Å². The molecule has 0 bridgehead atoms. The number of nitrogens with one attached hydrogen (secondary N) is 1. The molecule has 1 amide bonds. The molecule has 2 aromatic rings. The first-order chi connectivity index (χ1) is 13.7. The van der Waals surface area contributed by atoms with Gasteiger partial charge < -0.3 is 19.5 Å². The van der Waals surface area contributed by atoms with Gasteiger partial charge in [-0.25, -0.2) is 4.39 Å². The number of fused-ring (bicyclic) bond motifs is 1. The van der Waals surface area contributed by atoms with E-state index < -0.39 is 11.6 Å². The van der Waals surface area contributed by atoms with E-state index in [1.54, 1.807) is 18.2 Å². The zero-order valence-corrected chi connectivity index (χ0v) is 17.4. The van der Waals surface area contributed by atoms with Gasteiger partial charge in [0.05, 0.1) is 22.3 Å². The number of ether oxygens (including phenoxy) is 3. The number of benzene rings is 2. The van der Waals surface area contributed by atoms with Crippen molar-refractivity contribution >= 4 is 29.1 Å². The Morgan fingerprint density at radius 2 is 1.83 bits per heavy atom. The van der Waals surface area contributed by atoms with Crippen LogP contribution in [0.15, 0.2) is 36.4 Å². The standard InChI is InChI=1S/C21H20Cl2FNO4/c1-21(2)28-17-8-11(9-18(17)29-21)25-20(26)19-13(22)4-3-5-16(19)27-12-6-7-15(24)14(23)10-12/h3-7,10-11,17-18H,8-9H2,1-2H3,(H,25,26)/t11?,17-,18+. The SMILES string of the molecule is CC1(C)O[C@H]2CC(NC(=O)c3c(Cl)cccc3Oc3ccc(F)c(Cl)c3)C[C@H]2O1. The second kappa shape index (κ2) is 7.76. The maximum absolute atomic E-state index is 13.4. The van der Waals surface area contributed by atoms with Gasteiger partial charge in [-0.1, -0.05) is 29.3 Å². The fraction of sp³-hybridized carbons (Fsp3) is 0.381. The average molecular weight is 440 g/mol. The van der Waals surface area contributed by atoms with E-state index >= 15 is 0 Å². The van der Waals surface area contributed by atoms with Crippen molar-refractivity contribution in [2.24, 2.45) is 0 Å². The fourth-order valence-corrected chi connectivity index (χ4v) is 4.24. The summed E-state index contributed by atoms with van der Waals surface area (Å²) in [5.74, 6) is -0.952. The van der Waals surface area contributed by atoms with E-state index in [-0.39, 0.29) is 45.5 Å². The van der Waals surface area contributed by atoms with Crippen LogP contribution in [0, 0.1) is 5.82 Å². The lowest BCUT2D eigenvalue weighted by atomic mass is 10.1. The second-order valence-corrected chi connectivity index (χ2v) is 8.46. The quantitative estimate of drug-likeness (QED) is 0.698. The van der Waals surface area contributed by atoms with Crippen LogP contribution in [-0.2, 0) is 9.47 Å². The van der Waals surface area contributed by atoms with E-state index in [1.807, 2.05) is 13.8 Å². The van der Waals surface area contributed by atoms with Crippen LogP contribution in [0.1, 0.15) is 37.0 Å². The van der Waals surface area contributed by atoms with Gasteiger partial charge in [0.25, 0.3) is 5.91 Å². The Balaban J connectivity index is 1.49. The summed E-state index contributed by atoms with van der Waals surface area (Å²) in [5, 5.41) is 3.17. The molecule has 154 valence electrons. The fourth-order valence-electron chi connectivity index (χ4n) is 3.82. The summed E-state index contributed by atoms with van der Waals surface area (Å²) in [6, 6.07) is 8.77. The third-order valence-electron chi connectivity index (χ3n) is 4.98. The molecule has 1 N–H and O–H groups in total. The van der Waals surface area contributed by atoms with Crippen LogP contribution in [0.4, 0.5) is 4.39 Å². The first-order valence-corrected chi connectivity index (χ1v) is 10.1. The second-order valence-electron chi connectivity index (χ2n) is 7.65. The molecule has 1 saturated heterocycles. The third-order valence-corrected chi connectivity index (χ3v) is 5.58. The minimum atomic E-state index is -0.593. The number of amides is 1. The Bertz CT molecular complexity index is 936. The predicted molar refractivity (Wildman–Crippen MR) is 107 cm³/mol. The summed E-state index contributed by atoms with van der Waals surface area (Å²) in [5.41, 5.74) is 0.203. The number of halogens is 3. The van der Waals surface area contributed by atoms with Crippen LogP contribution in [0.3, 0.4) is 0 Å². The van der Waals surface area contributed by atoms with E-state index in [9.17, 15) is 9.18 Å². The largest absolute Gasteiger partial charge is 0.456 e. The maximum Gasteiger partial charge on any atom is 0.256 e. The molecule has 5 nitrogen and oxygen atoms in total. The van der Waals surface area contributed by atoms with Crippen molar-refractivity contribution < 1.29 is 23.4 Å². The first-order valence-electron chi connectivity index (χ1n) is 9.30. The molecule has 1 aliphatic carbocycles. The van der Waals surface area contributed by atoms with Gasteiger partial charge in [-0.05, 0) is 51.0 Å². The van der Waals surface area contributed by atoms with Gasteiger partial charge in [-0.3, -0.25) is 4.79 Å². The molecular weight excluding hydrogens is 420 g/mol. The summed E-state index contributed by atoms with van der Waals surface area (Å²) in [6.07, 6.45) is 1.24.